The maximum absolute atomic E-state index is 13.4. The molecular formula is C25H37N5O5. The number of nitrogens with one attached hydrogen (secondary N) is 2. The van der Waals surface area contributed by atoms with Crippen LogP contribution < -0.4 is 16.4 Å². The number of hydrogen-bond donors (Lipinski definition) is 3. The molecule has 1 heterocycles. The zero-order chi connectivity index (χ0) is 25.4. The van der Waals surface area contributed by atoms with Gasteiger partial charge in [-0.1, -0.05) is 0 Å². The summed E-state index contributed by atoms with van der Waals surface area (Å²) in [5.41, 5.74) is 5.78. The van der Waals surface area contributed by atoms with Crippen LogP contribution in [0.4, 0.5) is 4.79 Å². The van der Waals surface area contributed by atoms with Crippen molar-refractivity contribution < 1.29 is 23.9 Å². The van der Waals surface area contributed by atoms with Crippen LogP contribution in [0.15, 0.2) is 12.3 Å². The molecule has 35 heavy (non-hydrogen) atoms. The van der Waals surface area contributed by atoms with Crippen molar-refractivity contribution in [1.82, 2.24) is 20.4 Å². The van der Waals surface area contributed by atoms with Crippen LogP contribution in [0.1, 0.15) is 68.9 Å². The second-order valence-electron chi connectivity index (χ2n) is 11.2. The second-order valence-corrected chi connectivity index (χ2v) is 11.2. The molecule has 4 aliphatic rings. The van der Waals surface area contributed by atoms with E-state index in [0.717, 1.165) is 32.1 Å². The molecule has 1 aromatic heterocycles. The molecule has 2 unspecified atom stereocenters. The van der Waals surface area contributed by atoms with Gasteiger partial charge in [-0.3, -0.25) is 9.59 Å². The van der Waals surface area contributed by atoms with E-state index in [1.807, 2.05) is 19.9 Å². The number of hydrogen-bond acceptors (Lipinski definition) is 6. The van der Waals surface area contributed by atoms with Crippen molar-refractivity contribution >= 4 is 24.1 Å². The Hall–Kier alpha value is -2.88. The molecule has 2 atom stereocenters. The molecule has 0 aliphatic heterocycles. The van der Waals surface area contributed by atoms with Gasteiger partial charge in [0.15, 0.2) is 0 Å². The standard InChI is InChI=1S/C25H37N5O5/c1-15(31)29-24(2,3)5-6-30-20(13-34-4)19(12-27-30)22(32)28-21-17-7-16-8-18(21)11-25(9-16,10-17)14-35-23(26)33/h5-6,12,16-18,21H,7-11,13-14H2,1-4H3,(H2,26,33)(H,28,32)(H,29,31). The van der Waals surface area contributed by atoms with Crippen molar-refractivity contribution in [2.24, 2.45) is 28.9 Å². The van der Waals surface area contributed by atoms with E-state index in [-0.39, 0.29) is 29.9 Å². The third-order valence-electron chi connectivity index (χ3n) is 7.77. The van der Waals surface area contributed by atoms with Crippen molar-refractivity contribution in [2.45, 2.75) is 71.1 Å². The lowest BCUT2D eigenvalue weighted by Gasteiger charge is -2.59. The highest BCUT2D eigenvalue weighted by Crippen LogP contribution is 2.60. The van der Waals surface area contributed by atoms with Crippen LogP contribution in [-0.4, -0.2) is 53.0 Å². The molecule has 4 saturated carbocycles. The number of carbonyl (C=O) groups is 3. The van der Waals surface area contributed by atoms with E-state index >= 15 is 0 Å². The summed E-state index contributed by atoms with van der Waals surface area (Å²) in [6.07, 6.45) is 9.53. The maximum Gasteiger partial charge on any atom is 0.404 e. The fourth-order valence-electron chi connectivity index (χ4n) is 6.80. The Balaban J connectivity index is 1.48. The van der Waals surface area contributed by atoms with Crippen LogP contribution in [0.25, 0.3) is 6.20 Å². The van der Waals surface area contributed by atoms with Gasteiger partial charge < -0.3 is 25.8 Å². The Morgan fingerprint density at radius 2 is 1.94 bits per heavy atom. The number of nitrogens with two attached hydrogens (primary N) is 1. The third-order valence-corrected chi connectivity index (χ3v) is 7.77. The van der Waals surface area contributed by atoms with Crippen molar-refractivity contribution in [2.75, 3.05) is 13.7 Å². The van der Waals surface area contributed by atoms with Gasteiger partial charge in [0.25, 0.3) is 5.91 Å². The van der Waals surface area contributed by atoms with E-state index in [4.69, 9.17) is 15.2 Å². The minimum Gasteiger partial charge on any atom is -0.449 e. The van der Waals surface area contributed by atoms with Crippen LogP contribution in [0.3, 0.4) is 0 Å². The normalized spacial score (nSPS) is 29.4. The van der Waals surface area contributed by atoms with Crippen molar-refractivity contribution in [3.8, 4) is 0 Å². The monoisotopic (exact) mass is 487 g/mol. The largest absolute Gasteiger partial charge is 0.449 e. The summed E-state index contributed by atoms with van der Waals surface area (Å²) in [5, 5.41) is 10.6. The molecule has 4 fully saturated rings. The Bertz CT molecular complexity index is 1000. The van der Waals surface area contributed by atoms with E-state index in [1.54, 1.807) is 24.2 Å². The molecule has 0 spiro atoms. The van der Waals surface area contributed by atoms with Gasteiger partial charge in [-0.15, -0.1) is 0 Å². The molecule has 0 aromatic carbocycles. The summed E-state index contributed by atoms with van der Waals surface area (Å²) in [7, 11) is 1.58. The van der Waals surface area contributed by atoms with Crippen molar-refractivity contribution in [3.05, 3.63) is 23.5 Å². The number of amides is 3. The Kier molecular flexibility index (Phi) is 6.95. The minimum absolute atomic E-state index is 0.00957. The molecule has 10 heteroatoms. The van der Waals surface area contributed by atoms with Crippen LogP contribution >= 0.6 is 0 Å². The zero-order valence-electron chi connectivity index (χ0n) is 21.0. The van der Waals surface area contributed by atoms with Gasteiger partial charge in [0.1, 0.15) is 0 Å². The Labute approximate surface area is 206 Å². The number of rotatable bonds is 9. The first-order valence-electron chi connectivity index (χ1n) is 12.3. The molecule has 192 valence electrons. The first-order chi connectivity index (χ1) is 16.5. The topological polar surface area (TPSA) is 138 Å². The van der Waals surface area contributed by atoms with Gasteiger partial charge in [0.05, 0.1) is 36.2 Å². The molecule has 4 aliphatic carbocycles. The number of ether oxygens (including phenoxy) is 2. The summed E-state index contributed by atoms with van der Waals surface area (Å²) >= 11 is 0. The molecular weight excluding hydrogens is 450 g/mol. The molecule has 0 radical (unpaired) electrons. The van der Waals surface area contributed by atoms with Crippen LogP contribution in [0, 0.1) is 23.2 Å². The number of aromatic nitrogens is 2. The molecule has 1 aromatic rings. The van der Waals surface area contributed by atoms with Crippen molar-refractivity contribution in [1.29, 1.82) is 0 Å². The molecule has 3 amide bonds. The first kappa shape index (κ1) is 25.2. The average molecular weight is 488 g/mol. The van der Waals surface area contributed by atoms with Gasteiger partial charge in [0, 0.05) is 31.7 Å². The zero-order valence-corrected chi connectivity index (χ0v) is 21.0. The lowest BCUT2D eigenvalue weighted by molar-refractivity contribution is -0.120. The highest BCUT2D eigenvalue weighted by atomic mass is 16.5. The smallest absolute Gasteiger partial charge is 0.404 e. The highest BCUT2D eigenvalue weighted by Gasteiger charge is 2.56. The van der Waals surface area contributed by atoms with E-state index in [0.29, 0.717) is 35.6 Å². The van der Waals surface area contributed by atoms with E-state index in [1.165, 1.54) is 6.92 Å². The highest BCUT2D eigenvalue weighted by molar-refractivity contribution is 5.95. The van der Waals surface area contributed by atoms with Crippen LogP contribution in [0.5, 0.6) is 0 Å². The lowest BCUT2D eigenvalue weighted by Crippen LogP contribution is -2.60. The van der Waals surface area contributed by atoms with E-state index in [9.17, 15) is 14.4 Å². The summed E-state index contributed by atoms with van der Waals surface area (Å²) in [6.45, 7) is 5.83. The van der Waals surface area contributed by atoms with Gasteiger partial charge in [0.2, 0.25) is 5.91 Å². The predicted octanol–water partition coefficient (Wildman–Crippen LogP) is 2.43. The van der Waals surface area contributed by atoms with E-state index < -0.39 is 11.6 Å². The summed E-state index contributed by atoms with van der Waals surface area (Å²) in [5.74, 6) is 1.05. The molecule has 4 bridgehead atoms. The lowest BCUT2D eigenvalue weighted by atomic mass is 9.48. The van der Waals surface area contributed by atoms with Gasteiger partial charge >= 0.3 is 6.09 Å². The van der Waals surface area contributed by atoms with Gasteiger partial charge in [-0.2, -0.15) is 5.10 Å². The molecule has 4 N–H and O–H groups in total. The quantitative estimate of drug-likeness (QED) is 0.489. The number of methoxy groups -OCH3 is 1. The first-order valence-corrected chi connectivity index (χ1v) is 12.3. The SMILES string of the molecule is COCc1c(C(=O)NC2C3CC4CC2CC(COC(N)=O)(C4)C3)cnn1C=CC(C)(C)NC(C)=O. The van der Waals surface area contributed by atoms with Crippen molar-refractivity contribution in [3.63, 3.8) is 0 Å². The predicted molar refractivity (Wildman–Crippen MR) is 129 cm³/mol. The number of carbonyl (C=O) groups excluding carboxylic acids is 3. The van der Waals surface area contributed by atoms with E-state index in [2.05, 4.69) is 15.7 Å². The van der Waals surface area contributed by atoms with Gasteiger partial charge in [-0.25, -0.2) is 9.48 Å². The average Bonchev–Trinajstić information content (AvgIpc) is 3.15. The maximum atomic E-state index is 13.4. The van der Waals surface area contributed by atoms with Crippen LogP contribution in [0.2, 0.25) is 0 Å². The number of primary amides is 1. The van der Waals surface area contributed by atoms with Crippen LogP contribution in [-0.2, 0) is 20.9 Å². The summed E-state index contributed by atoms with van der Waals surface area (Å²) in [6, 6.07) is 0.0914. The molecule has 10 nitrogen and oxygen atoms in total. The second kappa shape index (κ2) is 9.64. The Morgan fingerprint density at radius 3 is 2.54 bits per heavy atom. The minimum atomic E-state index is -0.720. The fourth-order valence-corrected chi connectivity index (χ4v) is 6.80. The number of nitrogens with zero attached hydrogens (tertiary/aromatic N) is 2. The third kappa shape index (κ3) is 5.52. The molecule has 5 rings (SSSR count). The van der Waals surface area contributed by atoms with Gasteiger partial charge in [-0.05, 0) is 69.8 Å². The summed E-state index contributed by atoms with van der Waals surface area (Å²) < 4.78 is 12.2. The fraction of sp³-hybridized carbons (Fsp3) is 0.680. The molecule has 0 saturated heterocycles. The Morgan fingerprint density at radius 1 is 1.26 bits per heavy atom. The summed E-state index contributed by atoms with van der Waals surface area (Å²) in [4.78, 5) is 36.0.